The Kier molecular flexibility index (Phi) is 3.80. The average molecular weight is 345 g/mol. The van der Waals surface area contributed by atoms with Crippen molar-refractivity contribution in [2.45, 2.75) is 12.3 Å². The molecule has 0 atom stereocenters. The minimum Gasteiger partial charge on any atom is -0.460 e. The Morgan fingerprint density at radius 1 is 1.19 bits per heavy atom. The molecule has 3 aromatic rings. The number of hydrogen-bond acceptors (Lipinski definition) is 3. The number of hydrogen-bond donors (Lipinski definition) is 0. The molecule has 0 amide bonds. The van der Waals surface area contributed by atoms with Gasteiger partial charge < -0.3 is 9.15 Å². The largest absolute Gasteiger partial charge is 0.460 e. The van der Waals surface area contributed by atoms with Crippen molar-refractivity contribution in [1.29, 1.82) is 0 Å². The van der Waals surface area contributed by atoms with Gasteiger partial charge in [-0.1, -0.05) is 46.3 Å². The number of benzene rings is 2. The number of carbonyl (C=O) groups excluding carboxylic acids is 1. The third-order valence-corrected chi connectivity index (χ3v) is 3.69. The number of rotatable bonds is 3. The Morgan fingerprint density at radius 2 is 1.95 bits per heavy atom. The second kappa shape index (κ2) is 5.74. The molecule has 3 rings (SSSR count). The first-order chi connectivity index (χ1) is 10.2. The predicted octanol–water partition coefficient (Wildman–Crippen LogP) is 4.92. The zero-order chi connectivity index (χ0) is 14.8. The van der Waals surface area contributed by atoms with Crippen molar-refractivity contribution in [2.24, 2.45) is 0 Å². The van der Waals surface area contributed by atoms with Crippen LogP contribution in [0.15, 0.2) is 52.9 Å². The summed E-state index contributed by atoms with van der Waals surface area (Å²) in [6.45, 7) is 1.39. The third kappa shape index (κ3) is 2.72. The van der Waals surface area contributed by atoms with E-state index in [0.29, 0.717) is 11.1 Å². The van der Waals surface area contributed by atoms with Crippen LogP contribution >= 0.6 is 15.9 Å². The SMILES string of the molecule is CC(=O)Oc1ccc2oc(CBr)c(-c3ccccc3)c2c1. The second-order valence-corrected chi connectivity index (χ2v) is 5.21. The van der Waals surface area contributed by atoms with E-state index in [1.807, 2.05) is 42.5 Å². The van der Waals surface area contributed by atoms with E-state index in [2.05, 4.69) is 15.9 Å². The van der Waals surface area contributed by atoms with Crippen molar-refractivity contribution in [2.75, 3.05) is 0 Å². The highest BCUT2D eigenvalue weighted by atomic mass is 79.9. The van der Waals surface area contributed by atoms with E-state index in [4.69, 9.17) is 9.15 Å². The summed E-state index contributed by atoms with van der Waals surface area (Å²) in [7, 11) is 0. The van der Waals surface area contributed by atoms with Crippen molar-refractivity contribution in [3.8, 4) is 16.9 Å². The molecule has 0 unspecified atom stereocenters. The number of carbonyl (C=O) groups is 1. The van der Waals surface area contributed by atoms with Crippen molar-refractivity contribution in [1.82, 2.24) is 0 Å². The van der Waals surface area contributed by atoms with Crippen LogP contribution in [-0.2, 0) is 10.1 Å². The topological polar surface area (TPSA) is 39.4 Å². The number of alkyl halides is 1. The first-order valence-electron chi connectivity index (χ1n) is 6.54. The Labute approximate surface area is 130 Å². The summed E-state index contributed by atoms with van der Waals surface area (Å²) in [5.74, 6) is 1.05. The highest BCUT2D eigenvalue weighted by Crippen LogP contribution is 2.37. The van der Waals surface area contributed by atoms with Crippen molar-refractivity contribution >= 4 is 32.9 Å². The standard InChI is InChI=1S/C17H13BrO3/c1-11(19)20-13-7-8-15-14(9-13)17(16(10-18)21-15)12-5-3-2-4-6-12/h2-9H,10H2,1H3. The van der Waals surface area contributed by atoms with Crippen LogP contribution in [0.25, 0.3) is 22.1 Å². The maximum atomic E-state index is 11.1. The van der Waals surface area contributed by atoms with E-state index in [9.17, 15) is 4.79 Å². The monoisotopic (exact) mass is 344 g/mol. The minimum absolute atomic E-state index is 0.333. The van der Waals surface area contributed by atoms with Gasteiger partial charge in [0.15, 0.2) is 0 Å². The van der Waals surface area contributed by atoms with E-state index in [1.165, 1.54) is 6.92 Å². The molecule has 0 aliphatic heterocycles. The van der Waals surface area contributed by atoms with Gasteiger partial charge in [-0.15, -0.1) is 0 Å². The van der Waals surface area contributed by atoms with Crippen LogP contribution in [-0.4, -0.2) is 5.97 Å². The fraction of sp³-hybridized carbons (Fsp3) is 0.118. The molecule has 3 nitrogen and oxygen atoms in total. The normalized spacial score (nSPS) is 10.8. The zero-order valence-electron chi connectivity index (χ0n) is 11.4. The van der Waals surface area contributed by atoms with Crippen LogP contribution < -0.4 is 4.74 Å². The molecule has 1 heterocycles. The van der Waals surface area contributed by atoms with Gasteiger partial charge in [-0.25, -0.2) is 0 Å². The van der Waals surface area contributed by atoms with Gasteiger partial charge in [-0.3, -0.25) is 4.79 Å². The number of ether oxygens (including phenoxy) is 1. The van der Waals surface area contributed by atoms with Gasteiger partial charge in [-0.2, -0.15) is 0 Å². The Morgan fingerprint density at radius 3 is 2.62 bits per heavy atom. The Bertz CT molecular complexity index is 790. The maximum Gasteiger partial charge on any atom is 0.308 e. The third-order valence-electron chi connectivity index (χ3n) is 3.18. The lowest BCUT2D eigenvalue weighted by Crippen LogP contribution is -2.00. The molecule has 0 bridgehead atoms. The molecular formula is C17H13BrO3. The van der Waals surface area contributed by atoms with Crippen molar-refractivity contribution in [3.05, 3.63) is 54.3 Å². The quantitative estimate of drug-likeness (QED) is 0.384. The van der Waals surface area contributed by atoms with Gasteiger partial charge in [0.2, 0.25) is 0 Å². The zero-order valence-corrected chi connectivity index (χ0v) is 13.0. The molecule has 1 aromatic heterocycles. The Hall–Kier alpha value is -2.07. The first-order valence-corrected chi connectivity index (χ1v) is 7.66. The van der Waals surface area contributed by atoms with E-state index < -0.39 is 0 Å². The molecule has 0 fully saturated rings. The highest BCUT2D eigenvalue weighted by molar-refractivity contribution is 9.08. The summed E-state index contributed by atoms with van der Waals surface area (Å²) < 4.78 is 11.0. The van der Waals surface area contributed by atoms with Crippen LogP contribution in [0.4, 0.5) is 0 Å². The molecule has 4 heteroatoms. The van der Waals surface area contributed by atoms with Crippen LogP contribution in [0.2, 0.25) is 0 Å². The average Bonchev–Trinajstić information content (AvgIpc) is 2.85. The number of fused-ring (bicyclic) bond motifs is 1. The molecule has 2 aromatic carbocycles. The molecule has 21 heavy (non-hydrogen) atoms. The fourth-order valence-electron chi connectivity index (χ4n) is 2.37. The Balaban J connectivity index is 2.22. The summed E-state index contributed by atoms with van der Waals surface area (Å²) in [6.07, 6.45) is 0. The molecule has 0 aliphatic rings. The van der Waals surface area contributed by atoms with Gasteiger partial charge in [-0.05, 0) is 23.8 Å². The molecular weight excluding hydrogens is 332 g/mol. The van der Waals surface area contributed by atoms with Crippen LogP contribution in [0.5, 0.6) is 5.75 Å². The van der Waals surface area contributed by atoms with E-state index in [1.54, 1.807) is 6.07 Å². The minimum atomic E-state index is -0.333. The van der Waals surface area contributed by atoms with Crippen molar-refractivity contribution < 1.29 is 13.9 Å². The number of halogens is 1. The predicted molar refractivity (Wildman–Crippen MR) is 85.6 cm³/mol. The van der Waals surface area contributed by atoms with Gasteiger partial charge in [0.25, 0.3) is 0 Å². The van der Waals surface area contributed by atoms with Crippen molar-refractivity contribution in [3.63, 3.8) is 0 Å². The molecule has 0 N–H and O–H groups in total. The molecule has 106 valence electrons. The highest BCUT2D eigenvalue weighted by Gasteiger charge is 2.16. The van der Waals surface area contributed by atoms with Crippen LogP contribution in [0, 0.1) is 0 Å². The van der Waals surface area contributed by atoms with E-state index >= 15 is 0 Å². The fourth-order valence-corrected chi connectivity index (χ4v) is 2.77. The van der Waals surface area contributed by atoms with Gasteiger partial charge >= 0.3 is 5.97 Å². The molecule has 0 radical (unpaired) electrons. The maximum absolute atomic E-state index is 11.1. The summed E-state index contributed by atoms with van der Waals surface area (Å²) in [4.78, 5) is 11.1. The first kappa shape index (κ1) is 13.9. The summed E-state index contributed by atoms with van der Waals surface area (Å²) in [5, 5.41) is 1.56. The molecule has 0 saturated carbocycles. The van der Waals surface area contributed by atoms with E-state index in [-0.39, 0.29) is 5.97 Å². The summed E-state index contributed by atoms with van der Waals surface area (Å²) >= 11 is 3.46. The van der Waals surface area contributed by atoms with Crippen LogP contribution in [0.1, 0.15) is 12.7 Å². The smallest absolute Gasteiger partial charge is 0.308 e. The van der Waals surface area contributed by atoms with Gasteiger partial charge in [0.1, 0.15) is 17.1 Å². The summed E-state index contributed by atoms with van der Waals surface area (Å²) in [6, 6.07) is 15.4. The lowest BCUT2D eigenvalue weighted by molar-refractivity contribution is -0.131. The number of esters is 1. The van der Waals surface area contributed by atoms with Gasteiger partial charge in [0, 0.05) is 17.9 Å². The van der Waals surface area contributed by atoms with Crippen LogP contribution in [0.3, 0.4) is 0 Å². The second-order valence-electron chi connectivity index (χ2n) is 4.65. The van der Waals surface area contributed by atoms with E-state index in [0.717, 1.165) is 27.9 Å². The molecule has 0 spiro atoms. The molecule has 0 saturated heterocycles. The number of furan rings is 1. The lowest BCUT2D eigenvalue weighted by Gasteiger charge is -2.03. The molecule has 0 aliphatic carbocycles. The van der Waals surface area contributed by atoms with Gasteiger partial charge in [0.05, 0.1) is 5.33 Å². The lowest BCUT2D eigenvalue weighted by atomic mass is 10.0. The summed E-state index contributed by atoms with van der Waals surface area (Å²) in [5.41, 5.74) is 2.88.